The van der Waals surface area contributed by atoms with E-state index in [0.29, 0.717) is 6.42 Å². The van der Waals surface area contributed by atoms with Crippen LogP contribution >= 0.6 is 0 Å². The third kappa shape index (κ3) is 2.57. The van der Waals surface area contributed by atoms with Crippen molar-refractivity contribution in [2.75, 3.05) is 0 Å². The first-order valence-electron chi connectivity index (χ1n) is 4.44. The van der Waals surface area contributed by atoms with Crippen molar-refractivity contribution in [1.82, 2.24) is 9.55 Å². The van der Waals surface area contributed by atoms with Crippen LogP contribution in [0, 0.1) is 0 Å². The van der Waals surface area contributed by atoms with Crippen LogP contribution in [0.25, 0.3) is 0 Å². The molecule has 0 radical (unpaired) electrons. The average Bonchev–Trinajstić information content (AvgIpc) is 2.57. The van der Waals surface area contributed by atoms with E-state index in [4.69, 9.17) is 0 Å². The first-order chi connectivity index (χ1) is 6.25. The molecule has 1 aromatic rings. The summed E-state index contributed by atoms with van der Waals surface area (Å²) < 4.78 is 1.57. The van der Waals surface area contributed by atoms with Crippen LogP contribution in [0.1, 0.15) is 32.2 Å². The van der Waals surface area contributed by atoms with E-state index >= 15 is 0 Å². The van der Waals surface area contributed by atoms with Crippen molar-refractivity contribution in [2.24, 2.45) is 0 Å². The van der Waals surface area contributed by atoms with Crippen molar-refractivity contribution in [2.45, 2.75) is 32.2 Å². The fourth-order valence-corrected chi connectivity index (χ4v) is 1.24. The van der Waals surface area contributed by atoms with Crippen LogP contribution in [0.15, 0.2) is 18.7 Å². The third-order valence-corrected chi connectivity index (χ3v) is 1.99. The van der Waals surface area contributed by atoms with Crippen LogP contribution < -0.4 is 5.11 Å². The summed E-state index contributed by atoms with van der Waals surface area (Å²) in [6.45, 7) is 2.03. The van der Waals surface area contributed by atoms with Crippen LogP contribution in [0.4, 0.5) is 0 Å². The number of rotatable bonds is 5. The lowest BCUT2D eigenvalue weighted by Crippen LogP contribution is -2.32. The Morgan fingerprint density at radius 1 is 1.69 bits per heavy atom. The van der Waals surface area contributed by atoms with E-state index in [-0.39, 0.29) is 0 Å². The Morgan fingerprint density at radius 3 is 2.92 bits per heavy atom. The maximum Gasteiger partial charge on any atom is 0.0952 e. The molecule has 0 aromatic carbocycles. The minimum Gasteiger partial charge on any atom is -0.548 e. The van der Waals surface area contributed by atoms with Gasteiger partial charge in [-0.3, -0.25) is 0 Å². The summed E-state index contributed by atoms with van der Waals surface area (Å²) in [6, 6.07) is -0.567. The highest BCUT2D eigenvalue weighted by molar-refractivity contribution is 5.69. The number of carbonyl (C=O) groups is 1. The number of aromatic nitrogens is 2. The molecule has 1 atom stereocenters. The van der Waals surface area contributed by atoms with Gasteiger partial charge in [0.15, 0.2) is 0 Å². The molecule has 1 heterocycles. The summed E-state index contributed by atoms with van der Waals surface area (Å²) in [6.07, 6.45) is 7.21. The Labute approximate surface area is 77.2 Å². The molecule has 0 saturated carbocycles. The van der Waals surface area contributed by atoms with Gasteiger partial charge in [-0.05, 0) is 6.42 Å². The van der Waals surface area contributed by atoms with Crippen molar-refractivity contribution in [3.05, 3.63) is 18.7 Å². The SMILES string of the molecule is CCCCC(C(=O)[O-])n1ccnc1. The van der Waals surface area contributed by atoms with Gasteiger partial charge in [0.1, 0.15) is 0 Å². The normalized spacial score (nSPS) is 12.7. The summed E-state index contributed by atoms with van der Waals surface area (Å²) >= 11 is 0. The third-order valence-electron chi connectivity index (χ3n) is 1.99. The van der Waals surface area contributed by atoms with E-state index < -0.39 is 12.0 Å². The largest absolute Gasteiger partial charge is 0.548 e. The van der Waals surface area contributed by atoms with E-state index in [2.05, 4.69) is 4.98 Å². The van der Waals surface area contributed by atoms with Crippen LogP contribution in [0.2, 0.25) is 0 Å². The Balaban J connectivity index is 2.63. The molecule has 0 N–H and O–H groups in total. The Hall–Kier alpha value is -1.32. The number of carbonyl (C=O) groups excluding carboxylic acids is 1. The Morgan fingerprint density at radius 2 is 2.46 bits per heavy atom. The molecule has 0 aliphatic heterocycles. The lowest BCUT2D eigenvalue weighted by molar-refractivity contribution is -0.310. The predicted molar refractivity (Wildman–Crippen MR) is 45.8 cm³/mol. The molecule has 0 amide bonds. The summed E-state index contributed by atoms with van der Waals surface area (Å²) in [5.41, 5.74) is 0. The summed E-state index contributed by atoms with van der Waals surface area (Å²) in [5, 5.41) is 10.7. The number of carboxylic acids is 1. The molecule has 1 unspecified atom stereocenters. The van der Waals surface area contributed by atoms with Crippen molar-refractivity contribution < 1.29 is 9.90 Å². The van der Waals surface area contributed by atoms with Crippen LogP contribution in [0.3, 0.4) is 0 Å². The fraction of sp³-hybridized carbons (Fsp3) is 0.556. The van der Waals surface area contributed by atoms with Crippen LogP contribution in [-0.4, -0.2) is 15.5 Å². The molecule has 0 aliphatic carbocycles. The van der Waals surface area contributed by atoms with Gasteiger partial charge in [0.2, 0.25) is 0 Å². The smallest absolute Gasteiger partial charge is 0.0952 e. The number of hydrogen-bond acceptors (Lipinski definition) is 3. The molecular formula is C9H13N2O2-. The molecule has 0 saturated heterocycles. The van der Waals surface area contributed by atoms with Crippen molar-refractivity contribution >= 4 is 5.97 Å². The minimum atomic E-state index is -1.04. The molecular weight excluding hydrogens is 168 g/mol. The first kappa shape index (κ1) is 9.77. The highest BCUT2D eigenvalue weighted by atomic mass is 16.4. The highest BCUT2D eigenvalue weighted by Crippen LogP contribution is 2.13. The quantitative estimate of drug-likeness (QED) is 0.659. The van der Waals surface area contributed by atoms with E-state index in [1.165, 1.54) is 6.33 Å². The maximum atomic E-state index is 10.7. The van der Waals surface area contributed by atoms with Gasteiger partial charge >= 0.3 is 0 Å². The zero-order valence-electron chi connectivity index (χ0n) is 7.64. The molecule has 0 spiro atoms. The summed E-state index contributed by atoms with van der Waals surface area (Å²) in [4.78, 5) is 14.5. The van der Waals surface area contributed by atoms with Gasteiger partial charge in [-0.2, -0.15) is 0 Å². The number of imidazole rings is 1. The Kier molecular flexibility index (Phi) is 3.49. The van der Waals surface area contributed by atoms with Gasteiger partial charge < -0.3 is 14.5 Å². The van der Waals surface area contributed by atoms with E-state index in [1.54, 1.807) is 17.0 Å². The lowest BCUT2D eigenvalue weighted by Gasteiger charge is -2.18. The monoisotopic (exact) mass is 181 g/mol. The number of aliphatic carboxylic acids is 1. The Bertz CT molecular complexity index is 257. The second-order valence-corrected chi connectivity index (χ2v) is 2.99. The average molecular weight is 181 g/mol. The summed E-state index contributed by atoms with van der Waals surface area (Å²) in [7, 11) is 0. The fourth-order valence-electron chi connectivity index (χ4n) is 1.24. The van der Waals surface area contributed by atoms with Gasteiger partial charge in [0.25, 0.3) is 0 Å². The molecule has 0 aliphatic rings. The van der Waals surface area contributed by atoms with Gasteiger partial charge in [-0.15, -0.1) is 0 Å². The molecule has 1 rings (SSSR count). The molecule has 4 heteroatoms. The van der Waals surface area contributed by atoms with Gasteiger partial charge in [-0.1, -0.05) is 19.8 Å². The van der Waals surface area contributed by atoms with Crippen molar-refractivity contribution in [1.29, 1.82) is 0 Å². The van der Waals surface area contributed by atoms with Crippen LogP contribution in [0.5, 0.6) is 0 Å². The zero-order chi connectivity index (χ0) is 9.68. The standard InChI is InChI=1S/C9H14N2O2/c1-2-3-4-8(9(12)13)11-6-5-10-7-11/h5-8H,2-4H2,1H3,(H,12,13)/p-1. The van der Waals surface area contributed by atoms with Crippen molar-refractivity contribution in [3.63, 3.8) is 0 Å². The maximum absolute atomic E-state index is 10.7. The lowest BCUT2D eigenvalue weighted by atomic mass is 10.1. The number of nitrogens with zero attached hydrogens (tertiary/aromatic N) is 2. The predicted octanol–water partition coefficient (Wildman–Crippen LogP) is 0.364. The topological polar surface area (TPSA) is 57.9 Å². The number of hydrogen-bond donors (Lipinski definition) is 0. The minimum absolute atomic E-state index is 0.567. The molecule has 0 bridgehead atoms. The van der Waals surface area contributed by atoms with E-state index in [9.17, 15) is 9.90 Å². The van der Waals surface area contributed by atoms with E-state index in [0.717, 1.165) is 12.8 Å². The second kappa shape index (κ2) is 4.64. The van der Waals surface area contributed by atoms with E-state index in [1.807, 2.05) is 6.92 Å². The first-order valence-corrected chi connectivity index (χ1v) is 4.44. The number of carboxylic acid groups (broad SMARTS) is 1. The van der Waals surface area contributed by atoms with Gasteiger partial charge in [0.05, 0.1) is 18.3 Å². The van der Waals surface area contributed by atoms with Gasteiger partial charge in [-0.25, -0.2) is 4.98 Å². The van der Waals surface area contributed by atoms with Crippen LogP contribution in [-0.2, 0) is 4.79 Å². The second-order valence-electron chi connectivity index (χ2n) is 2.99. The summed E-state index contributed by atoms with van der Waals surface area (Å²) in [5.74, 6) is -1.04. The molecule has 72 valence electrons. The molecule has 13 heavy (non-hydrogen) atoms. The number of unbranched alkanes of at least 4 members (excludes halogenated alkanes) is 1. The molecule has 4 nitrogen and oxygen atoms in total. The molecule has 0 fully saturated rings. The van der Waals surface area contributed by atoms with Crippen molar-refractivity contribution in [3.8, 4) is 0 Å². The molecule has 1 aromatic heterocycles. The highest BCUT2D eigenvalue weighted by Gasteiger charge is 2.09. The zero-order valence-corrected chi connectivity index (χ0v) is 7.64. The van der Waals surface area contributed by atoms with Gasteiger partial charge in [0, 0.05) is 12.4 Å².